The molecule has 1 fully saturated rings. The van der Waals surface area contributed by atoms with Gasteiger partial charge in [-0.15, -0.1) is 0 Å². The number of rotatable bonds is 4. The largest absolute Gasteiger partial charge is 0.497 e. The third-order valence-corrected chi connectivity index (χ3v) is 4.62. The second-order valence-electron chi connectivity index (χ2n) is 6.39. The molecule has 2 aromatic carbocycles. The first-order chi connectivity index (χ1) is 10.5. The van der Waals surface area contributed by atoms with Gasteiger partial charge in [0, 0.05) is 17.5 Å². The van der Waals surface area contributed by atoms with Gasteiger partial charge in [-0.25, -0.2) is 0 Å². The Hall–Kier alpha value is -2.29. The fraction of sp³-hybridized carbons (Fsp3) is 0.316. The monoisotopic (exact) mass is 295 g/mol. The summed E-state index contributed by atoms with van der Waals surface area (Å²) in [6.45, 7) is 4.38. The number of hydrogen-bond donors (Lipinski definition) is 1. The van der Waals surface area contributed by atoms with E-state index in [1.165, 1.54) is 5.56 Å². The van der Waals surface area contributed by atoms with Crippen LogP contribution in [-0.4, -0.2) is 19.1 Å². The molecule has 1 N–H and O–H groups in total. The third-order valence-electron chi connectivity index (χ3n) is 4.62. The van der Waals surface area contributed by atoms with Crippen LogP contribution in [0.2, 0.25) is 0 Å². The van der Waals surface area contributed by atoms with Crippen molar-refractivity contribution in [2.24, 2.45) is 5.41 Å². The lowest BCUT2D eigenvalue weighted by molar-refractivity contribution is 0.0946. The van der Waals surface area contributed by atoms with Crippen LogP contribution >= 0.6 is 0 Å². The van der Waals surface area contributed by atoms with E-state index >= 15 is 0 Å². The molecule has 2 unspecified atom stereocenters. The molecule has 1 aliphatic rings. The number of nitrogens with one attached hydrogen (secondary N) is 1. The van der Waals surface area contributed by atoms with Crippen LogP contribution in [0.1, 0.15) is 35.7 Å². The summed E-state index contributed by atoms with van der Waals surface area (Å²) in [6.07, 6.45) is 0. The lowest BCUT2D eigenvalue weighted by Gasteiger charge is -2.06. The fourth-order valence-electron chi connectivity index (χ4n) is 3.15. The molecule has 0 radical (unpaired) electrons. The molecule has 2 atom stereocenters. The van der Waals surface area contributed by atoms with Gasteiger partial charge in [0.25, 0.3) is 5.91 Å². The van der Waals surface area contributed by atoms with Gasteiger partial charge in [-0.1, -0.05) is 44.2 Å². The van der Waals surface area contributed by atoms with Crippen LogP contribution in [0.5, 0.6) is 5.75 Å². The first-order valence-corrected chi connectivity index (χ1v) is 7.54. The van der Waals surface area contributed by atoms with Crippen molar-refractivity contribution in [3.63, 3.8) is 0 Å². The quantitative estimate of drug-likeness (QED) is 0.935. The van der Waals surface area contributed by atoms with Crippen LogP contribution in [0.4, 0.5) is 0 Å². The Morgan fingerprint density at radius 1 is 1.05 bits per heavy atom. The topological polar surface area (TPSA) is 38.3 Å². The second kappa shape index (κ2) is 5.48. The molecular weight excluding hydrogens is 274 g/mol. The van der Waals surface area contributed by atoms with Gasteiger partial charge in [0.1, 0.15) is 5.75 Å². The summed E-state index contributed by atoms with van der Waals surface area (Å²) in [5.41, 5.74) is 2.02. The zero-order valence-electron chi connectivity index (χ0n) is 13.2. The number of benzene rings is 2. The first-order valence-electron chi connectivity index (χ1n) is 7.54. The Bertz CT molecular complexity index is 662. The predicted octanol–water partition coefficient (Wildman–Crippen LogP) is 3.62. The minimum absolute atomic E-state index is 0.00492. The molecule has 0 heterocycles. The highest BCUT2D eigenvalue weighted by atomic mass is 16.5. The molecule has 1 amide bonds. The third kappa shape index (κ3) is 2.59. The lowest BCUT2D eigenvalue weighted by atomic mass is 10.0. The normalized spacial score (nSPS) is 22.0. The van der Waals surface area contributed by atoms with Gasteiger partial charge in [0.2, 0.25) is 0 Å². The van der Waals surface area contributed by atoms with E-state index in [2.05, 4.69) is 31.3 Å². The number of amides is 1. The highest BCUT2D eigenvalue weighted by Gasteiger charge is 2.59. The van der Waals surface area contributed by atoms with Crippen molar-refractivity contribution in [2.75, 3.05) is 7.11 Å². The van der Waals surface area contributed by atoms with Crippen LogP contribution < -0.4 is 10.1 Å². The van der Waals surface area contributed by atoms with E-state index in [9.17, 15) is 4.79 Å². The molecule has 22 heavy (non-hydrogen) atoms. The number of methoxy groups -OCH3 is 1. The van der Waals surface area contributed by atoms with E-state index in [-0.39, 0.29) is 17.4 Å². The van der Waals surface area contributed by atoms with Gasteiger partial charge >= 0.3 is 0 Å². The highest BCUT2D eigenvalue weighted by Crippen LogP contribution is 2.58. The number of hydrogen-bond acceptors (Lipinski definition) is 2. The van der Waals surface area contributed by atoms with Crippen LogP contribution in [0, 0.1) is 5.41 Å². The summed E-state index contributed by atoms with van der Waals surface area (Å²) < 4.78 is 5.20. The molecule has 0 aromatic heterocycles. The van der Waals surface area contributed by atoms with Crippen molar-refractivity contribution in [3.05, 3.63) is 65.7 Å². The first kappa shape index (κ1) is 14.6. The summed E-state index contributed by atoms with van der Waals surface area (Å²) in [4.78, 5) is 12.3. The molecule has 0 bridgehead atoms. The summed E-state index contributed by atoms with van der Waals surface area (Å²) in [5, 5.41) is 3.17. The molecule has 114 valence electrons. The highest BCUT2D eigenvalue weighted by molar-refractivity contribution is 5.94. The van der Waals surface area contributed by atoms with E-state index in [1.807, 2.05) is 42.5 Å². The smallest absolute Gasteiger partial charge is 0.251 e. The lowest BCUT2D eigenvalue weighted by Crippen LogP contribution is -2.28. The standard InChI is InChI=1S/C19H21NO2/c1-19(2)16(13-9-11-15(22-3)12-10-13)17(19)20-18(21)14-7-5-4-6-8-14/h4-12,16-17H,1-3H3,(H,20,21). The van der Waals surface area contributed by atoms with Crippen molar-refractivity contribution < 1.29 is 9.53 Å². The molecule has 1 aliphatic carbocycles. The number of carbonyl (C=O) groups is 1. The Morgan fingerprint density at radius 3 is 2.27 bits per heavy atom. The summed E-state index contributed by atoms with van der Waals surface area (Å²) >= 11 is 0. The maximum absolute atomic E-state index is 12.3. The van der Waals surface area contributed by atoms with E-state index in [4.69, 9.17) is 4.74 Å². The van der Waals surface area contributed by atoms with Crippen LogP contribution in [-0.2, 0) is 0 Å². The van der Waals surface area contributed by atoms with Crippen molar-refractivity contribution in [2.45, 2.75) is 25.8 Å². The van der Waals surface area contributed by atoms with Gasteiger partial charge < -0.3 is 10.1 Å². The minimum Gasteiger partial charge on any atom is -0.497 e. The second-order valence-corrected chi connectivity index (χ2v) is 6.39. The van der Waals surface area contributed by atoms with E-state index in [1.54, 1.807) is 7.11 Å². The fourth-order valence-corrected chi connectivity index (χ4v) is 3.15. The van der Waals surface area contributed by atoms with Crippen molar-refractivity contribution in [1.29, 1.82) is 0 Å². The van der Waals surface area contributed by atoms with Gasteiger partial charge in [-0.05, 0) is 35.2 Å². The SMILES string of the molecule is COc1ccc(C2C(NC(=O)c3ccccc3)C2(C)C)cc1. The molecule has 2 aromatic rings. The molecule has 0 saturated heterocycles. The minimum atomic E-state index is -0.00492. The van der Waals surface area contributed by atoms with Gasteiger partial charge in [-0.2, -0.15) is 0 Å². The summed E-state index contributed by atoms with van der Waals surface area (Å²) in [6, 6.07) is 17.6. The molecule has 3 nitrogen and oxygen atoms in total. The maximum atomic E-state index is 12.3. The van der Waals surface area contributed by atoms with Crippen molar-refractivity contribution in [3.8, 4) is 5.75 Å². The Kier molecular flexibility index (Phi) is 3.65. The zero-order chi connectivity index (χ0) is 15.7. The van der Waals surface area contributed by atoms with Gasteiger partial charge in [0.05, 0.1) is 7.11 Å². The van der Waals surface area contributed by atoms with Crippen molar-refractivity contribution >= 4 is 5.91 Å². The molecular formula is C19H21NO2. The van der Waals surface area contributed by atoms with Crippen LogP contribution in [0.25, 0.3) is 0 Å². The van der Waals surface area contributed by atoms with Crippen LogP contribution in [0.15, 0.2) is 54.6 Å². The van der Waals surface area contributed by atoms with Gasteiger partial charge in [0.15, 0.2) is 0 Å². The Balaban J connectivity index is 1.73. The van der Waals surface area contributed by atoms with E-state index in [0.29, 0.717) is 11.5 Å². The summed E-state index contributed by atoms with van der Waals surface area (Å²) in [7, 11) is 1.67. The average molecular weight is 295 g/mol. The number of carbonyl (C=O) groups excluding carboxylic acids is 1. The Labute approximate surface area is 131 Å². The molecule has 0 spiro atoms. The average Bonchev–Trinajstić information content (AvgIpc) is 3.08. The molecule has 3 rings (SSSR count). The Morgan fingerprint density at radius 2 is 1.68 bits per heavy atom. The number of ether oxygens (including phenoxy) is 1. The van der Waals surface area contributed by atoms with Crippen LogP contribution in [0.3, 0.4) is 0 Å². The van der Waals surface area contributed by atoms with E-state index in [0.717, 1.165) is 5.75 Å². The van der Waals surface area contributed by atoms with E-state index < -0.39 is 0 Å². The molecule has 3 heteroatoms. The van der Waals surface area contributed by atoms with Crippen molar-refractivity contribution in [1.82, 2.24) is 5.32 Å². The summed E-state index contributed by atoms with van der Waals surface area (Å²) in [5.74, 6) is 1.19. The maximum Gasteiger partial charge on any atom is 0.251 e. The molecule has 0 aliphatic heterocycles. The van der Waals surface area contributed by atoms with Gasteiger partial charge in [-0.3, -0.25) is 4.79 Å². The zero-order valence-corrected chi connectivity index (χ0v) is 13.2. The predicted molar refractivity (Wildman–Crippen MR) is 87.2 cm³/mol. The molecule has 1 saturated carbocycles.